The maximum atomic E-state index is 11.9. The largest absolute Gasteiger partial charge is 0.512 e. The molecule has 0 aromatic carbocycles. The zero-order valence-corrected chi connectivity index (χ0v) is 12.7. The summed E-state index contributed by atoms with van der Waals surface area (Å²) in [6.45, 7) is -0.275. The van der Waals surface area contributed by atoms with Crippen LogP contribution in [0.4, 0.5) is 4.79 Å². The van der Waals surface area contributed by atoms with Crippen molar-refractivity contribution in [2.75, 3.05) is 13.7 Å². The predicted octanol–water partition coefficient (Wildman–Crippen LogP) is 0.385. The third-order valence-corrected chi connectivity index (χ3v) is 5.71. The molecular weight excluding hydrogens is 312 g/mol. The van der Waals surface area contributed by atoms with E-state index in [1.807, 2.05) is 0 Å². The molecule has 3 aliphatic rings. The highest BCUT2D eigenvalue weighted by Gasteiger charge is 2.55. The van der Waals surface area contributed by atoms with Crippen molar-refractivity contribution in [1.82, 2.24) is 9.80 Å². The third kappa shape index (κ3) is 2.24. The topological polar surface area (TPSA) is 107 Å². The van der Waals surface area contributed by atoms with Crippen LogP contribution >= 0.6 is 11.8 Å². The lowest BCUT2D eigenvalue weighted by atomic mass is 10.00. The fraction of sp³-hybridized carbons (Fsp3) is 0.615. The lowest BCUT2D eigenvalue weighted by Gasteiger charge is -2.40. The molecule has 3 aliphatic heterocycles. The summed E-state index contributed by atoms with van der Waals surface area (Å²) in [4.78, 5) is 38.0. The van der Waals surface area contributed by atoms with Crippen LogP contribution in [-0.2, 0) is 14.3 Å². The van der Waals surface area contributed by atoms with E-state index in [-0.39, 0.29) is 35.7 Å². The Morgan fingerprint density at radius 3 is 2.73 bits per heavy atom. The van der Waals surface area contributed by atoms with Gasteiger partial charge in [0.05, 0.1) is 17.4 Å². The molecule has 0 aliphatic carbocycles. The molecule has 8 nitrogen and oxygen atoms in total. The van der Waals surface area contributed by atoms with Crippen LogP contribution in [0.5, 0.6) is 0 Å². The molecule has 2 fully saturated rings. The van der Waals surface area contributed by atoms with E-state index in [0.29, 0.717) is 24.2 Å². The monoisotopic (exact) mass is 328 g/mol. The van der Waals surface area contributed by atoms with Crippen LogP contribution in [0.2, 0.25) is 0 Å². The summed E-state index contributed by atoms with van der Waals surface area (Å²) in [5, 5.41) is 17.8. The number of carbonyl (C=O) groups excluding carboxylic acids is 2. The van der Waals surface area contributed by atoms with Crippen molar-refractivity contribution in [2.24, 2.45) is 5.92 Å². The van der Waals surface area contributed by atoms with E-state index in [1.54, 1.807) is 11.9 Å². The van der Waals surface area contributed by atoms with E-state index in [9.17, 15) is 19.5 Å². The van der Waals surface area contributed by atoms with Gasteiger partial charge >= 0.3 is 6.16 Å². The van der Waals surface area contributed by atoms with Gasteiger partial charge in [-0.25, -0.2) is 4.79 Å². The van der Waals surface area contributed by atoms with Crippen molar-refractivity contribution in [3.05, 3.63) is 10.8 Å². The fourth-order valence-corrected chi connectivity index (χ4v) is 4.51. The summed E-state index contributed by atoms with van der Waals surface area (Å²) in [6, 6.07) is -0.0243. The van der Waals surface area contributed by atoms with Gasteiger partial charge in [0.25, 0.3) is 0 Å². The summed E-state index contributed by atoms with van der Waals surface area (Å²) in [6.07, 6.45) is 0.139. The van der Waals surface area contributed by atoms with Crippen LogP contribution in [0.3, 0.4) is 0 Å². The smallest absolute Gasteiger partial charge is 0.449 e. The van der Waals surface area contributed by atoms with Crippen LogP contribution in [0.25, 0.3) is 0 Å². The number of hydrogen-bond donors (Lipinski definition) is 2. The third-order valence-electron chi connectivity index (χ3n) is 4.31. The van der Waals surface area contributed by atoms with E-state index in [4.69, 9.17) is 9.84 Å². The van der Waals surface area contributed by atoms with E-state index < -0.39 is 12.1 Å². The molecule has 9 heteroatoms. The standard InChI is InChI=1S/C13H16N2O6S/c1-14-6(2-3-9(14)17)4-8-11(21-13(19)20)15-10(18)7(5-16)12(15)22-8/h6-7,12,16H,2-5H2,1H3,(H,19,20)/t6-,7-,12+/m0/s1. The maximum absolute atomic E-state index is 11.9. The highest BCUT2D eigenvalue weighted by molar-refractivity contribution is 8.04. The molecule has 3 heterocycles. The van der Waals surface area contributed by atoms with Gasteiger partial charge in [-0.1, -0.05) is 11.8 Å². The van der Waals surface area contributed by atoms with Gasteiger partial charge in [-0.2, -0.15) is 0 Å². The molecule has 0 bridgehead atoms. The minimum atomic E-state index is -1.48. The van der Waals surface area contributed by atoms with Crippen molar-refractivity contribution in [3.8, 4) is 0 Å². The second kappa shape index (κ2) is 5.47. The summed E-state index contributed by atoms with van der Waals surface area (Å²) >= 11 is 1.34. The summed E-state index contributed by atoms with van der Waals surface area (Å²) in [7, 11) is 1.72. The average Bonchev–Trinajstić information content (AvgIpc) is 2.92. The summed E-state index contributed by atoms with van der Waals surface area (Å²) in [5.74, 6) is -0.772. The number of likely N-dealkylation sites (tertiary alicyclic amines) is 1. The highest BCUT2D eigenvalue weighted by Crippen LogP contribution is 2.51. The van der Waals surface area contributed by atoms with Crippen LogP contribution in [0.15, 0.2) is 10.8 Å². The lowest BCUT2D eigenvalue weighted by molar-refractivity contribution is -0.152. The second-order valence-electron chi connectivity index (χ2n) is 5.50. The van der Waals surface area contributed by atoms with Crippen LogP contribution in [-0.4, -0.2) is 63.1 Å². The van der Waals surface area contributed by atoms with E-state index in [0.717, 1.165) is 0 Å². The molecule has 0 unspecified atom stereocenters. The normalized spacial score (nSPS) is 30.7. The van der Waals surface area contributed by atoms with Gasteiger partial charge in [-0.15, -0.1) is 0 Å². The lowest BCUT2D eigenvalue weighted by Crippen LogP contribution is -2.58. The first-order valence-corrected chi connectivity index (χ1v) is 7.82. The number of amides is 2. The van der Waals surface area contributed by atoms with Crippen molar-refractivity contribution in [2.45, 2.75) is 30.7 Å². The maximum Gasteiger partial charge on any atom is 0.512 e. The molecule has 0 radical (unpaired) electrons. The van der Waals surface area contributed by atoms with Crippen LogP contribution in [0.1, 0.15) is 19.3 Å². The van der Waals surface area contributed by atoms with Gasteiger partial charge in [0.1, 0.15) is 5.37 Å². The number of rotatable bonds is 4. The molecule has 2 saturated heterocycles. The number of β-lactam (4-membered cyclic amide) rings is 1. The van der Waals surface area contributed by atoms with Crippen LogP contribution in [0, 0.1) is 5.92 Å². The molecule has 0 spiro atoms. The van der Waals surface area contributed by atoms with Gasteiger partial charge in [-0.3, -0.25) is 14.5 Å². The van der Waals surface area contributed by atoms with Gasteiger partial charge in [0.15, 0.2) is 0 Å². The average molecular weight is 328 g/mol. The van der Waals surface area contributed by atoms with E-state index >= 15 is 0 Å². The fourth-order valence-electron chi connectivity index (χ4n) is 3.01. The van der Waals surface area contributed by atoms with Gasteiger partial charge in [-0.05, 0) is 6.42 Å². The minimum Gasteiger partial charge on any atom is -0.449 e. The number of aliphatic hydroxyl groups is 1. The number of nitrogens with zero attached hydrogens (tertiary/aromatic N) is 2. The minimum absolute atomic E-state index is 0.0243. The van der Waals surface area contributed by atoms with Crippen molar-refractivity contribution >= 4 is 29.7 Å². The Kier molecular flexibility index (Phi) is 3.77. The SMILES string of the molecule is CN1C(=O)CC[C@H]1CC1=C(OC(=O)O)N2C(=O)[C@H](CO)[C@H]2S1. The van der Waals surface area contributed by atoms with Gasteiger partial charge in [0, 0.05) is 25.9 Å². The highest BCUT2D eigenvalue weighted by atomic mass is 32.2. The van der Waals surface area contributed by atoms with Crippen molar-refractivity contribution in [1.29, 1.82) is 0 Å². The number of thioether (sulfide) groups is 1. The van der Waals surface area contributed by atoms with Crippen molar-refractivity contribution < 1.29 is 29.3 Å². The second-order valence-corrected chi connectivity index (χ2v) is 6.71. The molecule has 22 heavy (non-hydrogen) atoms. The summed E-state index contributed by atoms with van der Waals surface area (Å²) < 4.78 is 4.79. The van der Waals surface area contributed by atoms with E-state index in [1.165, 1.54) is 16.7 Å². The Balaban J connectivity index is 1.81. The number of hydrogen-bond acceptors (Lipinski definition) is 6. The molecule has 3 atom stereocenters. The Labute approximate surface area is 130 Å². The molecule has 0 aromatic rings. The molecule has 120 valence electrons. The Hall–Kier alpha value is -1.74. The zero-order chi connectivity index (χ0) is 16.0. The number of carboxylic acid groups (broad SMARTS) is 1. The number of aliphatic hydroxyl groups excluding tert-OH is 1. The number of ether oxygens (including phenoxy) is 1. The zero-order valence-electron chi connectivity index (χ0n) is 11.9. The Morgan fingerprint density at radius 2 is 2.18 bits per heavy atom. The van der Waals surface area contributed by atoms with Crippen LogP contribution < -0.4 is 0 Å². The first kappa shape index (κ1) is 15.2. The quantitative estimate of drug-likeness (QED) is 0.567. The molecule has 2 N–H and O–H groups in total. The van der Waals surface area contributed by atoms with Crippen molar-refractivity contribution in [3.63, 3.8) is 0 Å². The number of carbonyl (C=O) groups is 3. The molecule has 0 aromatic heterocycles. The molecular formula is C13H16N2O6S. The predicted molar refractivity (Wildman–Crippen MR) is 75.3 cm³/mol. The van der Waals surface area contributed by atoms with Gasteiger partial charge < -0.3 is 19.8 Å². The molecule has 3 rings (SSSR count). The van der Waals surface area contributed by atoms with Gasteiger partial charge in [0.2, 0.25) is 17.7 Å². The summed E-state index contributed by atoms with van der Waals surface area (Å²) in [5.41, 5.74) is 0. The first-order chi connectivity index (χ1) is 10.4. The van der Waals surface area contributed by atoms with E-state index in [2.05, 4.69) is 0 Å². The number of fused-ring (bicyclic) bond motifs is 1. The Morgan fingerprint density at radius 1 is 1.45 bits per heavy atom. The Bertz CT molecular complexity index is 577. The molecule has 2 amide bonds. The molecule has 0 saturated carbocycles. The first-order valence-electron chi connectivity index (χ1n) is 6.94.